The molecule has 100 valence electrons. The van der Waals surface area contributed by atoms with Gasteiger partial charge in [0, 0.05) is 22.8 Å². The number of hydrogen-bond acceptors (Lipinski definition) is 3. The fourth-order valence-corrected chi connectivity index (χ4v) is 2.51. The van der Waals surface area contributed by atoms with Crippen LogP contribution in [0.4, 0.5) is 0 Å². The van der Waals surface area contributed by atoms with Crippen LogP contribution in [0, 0.1) is 6.92 Å². The third kappa shape index (κ3) is 2.65. The van der Waals surface area contributed by atoms with Gasteiger partial charge in [0.05, 0.1) is 5.52 Å². The summed E-state index contributed by atoms with van der Waals surface area (Å²) in [4.78, 5) is 8.68. The molecule has 20 heavy (non-hydrogen) atoms. The summed E-state index contributed by atoms with van der Waals surface area (Å²) in [6.07, 6.45) is 1.73. The van der Waals surface area contributed by atoms with E-state index in [9.17, 15) is 0 Å². The summed E-state index contributed by atoms with van der Waals surface area (Å²) in [5.74, 6) is 0.742. The highest BCUT2D eigenvalue weighted by molar-refractivity contribution is 9.10. The number of nitrogens with zero attached hydrogens (tertiary/aromatic N) is 2. The molecule has 1 aromatic carbocycles. The van der Waals surface area contributed by atoms with Crippen LogP contribution in [-0.4, -0.2) is 9.97 Å². The summed E-state index contributed by atoms with van der Waals surface area (Å²) in [7, 11) is 0. The number of rotatable bonds is 3. The average molecular weight is 329 g/mol. The van der Waals surface area contributed by atoms with E-state index in [0.717, 1.165) is 32.5 Å². The molecule has 0 saturated carbocycles. The van der Waals surface area contributed by atoms with Crippen LogP contribution in [0.3, 0.4) is 0 Å². The molecule has 3 nitrogen and oxygen atoms in total. The number of fused-ring (bicyclic) bond motifs is 1. The Labute approximate surface area is 125 Å². The Bertz CT molecular complexity index is 758. The molecule has 2 aromatic heterocycles. The summed E-state index contributed by atoms with van der Waals surface area (Å²) >= 11 is 3.39. The Hall–Kier alpha value is -1.94. The Morgan fingerprint density at radius 2 is 2.00 bits per heavy atom. The third-order valence-electron chi connectivity index (χ3n) is 3.04. The van der Waals surface area contributed by atoms with Crippen LogP contribution in [0.15, 0.2) is 53.3 Å². The van der Waals surface area contributed by atoms with E-state index < -0.39 is 0 Å². The van der Waals surface area contributed by atoms with E-state index in [1.54, 1.807) is 6.20 Å². The Balaban J connectivity index is 1.93. The van der Waals surface area contributed by atoms with Gasteiger partial charge in [-0.15, -0.1) is 0 Å². The second-order valence-corrected chi connectivity index (χ2v) is 5.27. The van der Waals surface area contributed by atoms with Crippen molar-refractivity contribution < 1.29 is 4.74 Å². The lowest BCUT2D eigenvalue weighted by atomic mass is 10.1. The first-order valence-corrected chi connectivity index (χ1v) is 7.12. The van der Waals surface area contributed by atoms with Gasteiger partial charge in [-0.2, -0.15) is 0 Å². The maximum absolute atomic E-state index is 5.85. The summed E-state index contributed by atoms with van der Waals surface area (Å²) in [5.41, 5.74) is 3.12. The van der Waals surface area contributed by atoms with Crippen LogP contribution in [0.2, 0.25) is 0 Å². The second kappa shape index (κ2) is 5.59. The minimum Gasteiger partial charge on any atom is -0.486 e. The van der Waals surface area contributed by atoms with Gasteiger partial charge in [-0.1, -0.05) is 18.2 Å². The van der Waals surface area contributed by atoms with Crippen LogP contribution in [0.5, 0.6) is 5.75 Å². The van der Waals surface area contributed by atoms with Crippen molar-refractivity contribution in [3.05, 3.63) is 64.5 Å². The van der Waals surface area contributed by atoms with Crippen LogP contribution in [0.1, 0.15) is 11.3 Å². The second-order valence-electron chi connectivity index (χ2n) is 4.52. The lowest BCUT2D eigenvalue weighted by Crippen LogP contribution is -1.99. The van der Waals surface area contributed by atoms with Gasteiger partial charge in [0.2, 0.25) is 0 Å². The molecular formula is C16H13BrN2O. The van der Waals surface area contributed by atoms with Gasteiger partial charge in [-0.3, -0.25) is 4.98 Å². The Kier molecular flexibility index (Phi) is 3.65. The zero-order valence-corrected chi connectivity index (χ0v) is 12.6. The van der Waals surface area contributed by atoms with Gasteiger partial charge < -0.3 is 4.74 Å². The van der Waals surface area contributed by atoms with Crippen LogP contribution in [0.25, 0.3) is 10.9 Å². The quantitative estimate of drug-likeness (QED) is 0.673. The van der Waals surface area contributed by atoms with Gasteiger partial charge >= 0.3 is 0 Å². The van der Waals surface area contributed by atoms with E-state index >= 15 is 0 Å². The number of para-hydroxylation sites is 1. The highest BCUT2D eigenvalue weighted by Crippen LogP contribution is 2.24. The maximum Gasteiger partial charge on any atom is 0.152 e. The number of benzene rings is 1. The third-order valence-corrected chi connectivity index (χ3v) is 3.63. The summed E-state index contributed by atoms with van der Waals surface area (Å²) in [5, 5.41) is 1.12. The molecular weight excluding hydrogens is 316 g/mol. The molecule has 3 rings (SSSR count). The minimum absolute atomic E-state index is 0.494. The number of pyridine rings is 2. The Morgan fingerprint density at radius 3 is 2.85 bits per heavy atom. The molecule has 2 heterocycles. The molecule has 0 fully saturated rings. The normalized spacial score (nSPS) is 10.7. The molecule has 0 N–H and O–H groups in total. The minimum atomic E-state index is 0.494. The largest absolute Gasteiger partial charge is 0.486 e. The van der Waals surface area contributed by atoms with E-state index in [2.05, 4.69) is 38.0 Å². The molecule has 0 spiro atoms. The van der Waals surface area contributed by atoms with Crippen molar-refractivity contribution >= 4 is 26.8 Å². The van der Waals surface area contributed by atoms with E-state index in [0.29, 0.717) is 6.61 Å². The van der Waals surface area contributed by atoms with Crippen LogP contribution < -0.4 is 4.74 Å². The highest BCUT2D eigenvalue weighted by Gasteiger charge is 2.06. The monoisotopic (exact) mass is 328 g/mol. The molecule has 0 atom stereocenters. The summed E-state index contributed by atoms with van der Waals surface area (Å²) in [6, 6.07) is 13.9. The molecule has 0 aliphatic carbocycles. The topological polar surface area (TPSA) is 35.0 Å². The first-order chi connectivity index (χ1) is 9.74. The molecule has 0 aliphatic rings. The number of aryl methyl sites for hydroxylation is 1. The molecule has 0 radical (unpaired) electrons. The first kappa shape index (κ1) is 13.1. The van der Waals surface area contributed by atoms with Crippen molar-refractivity contribution in [1.82, 2.24) is 9.97 Å². The van der Waals surface area contributed by atoms with Crippen molar-refractivity contribution in [2.24, 2.45) is 0 Å². The Morgan fingerprint density at radius 1 is 1.15 bits per heavy atom. The molecule has 3 aromatic rings. The summed E-state index contributed by atoms with van der Waals surface area (Å²) < 4.78 is 6.57. The molecule has 0 unspecified atom stereocenters. The van der Waals surface area contributed by atoms with Gasteiger partial charge in [-0.25, -0.2) is 4.98 Å². The van der Waals surface area contributed by atoms with Crippen molar-refractivity contribution in [2.75, 3.05) is 0 Å². The fourth-order valence-electron chi connectivity index (χ4n) is 2.15. The van der Waals surface area contributed by atoms with Crippen molar-refractivity contribution in [3.8, 4) is 5.75 Å². The average Bonchev–Trinajstić information content (AvgIpc) is 2.46. The molecule has 0 amide bonds. The van der Waals surface area contributed by atoms with Gasteiger partial charge in [0.25, 0.3) is 0 Å². The standard InChI is InChI=1S/C16H13BrN2O/c1-11-9-12(13-5-2-3-6-14(13)19-11)10-20-15-7-4-8-18-16(15)17/h2-9H,10H2,1H3. The smallest absolute Gasteiger partial charge is 0.152 e. The SMILES string of the molecule is Cc1cc(COc2cccnc2Br)c2ccccc2n1. The summed E-state index contributed by atoms with van der Waals surface area (Å²) in [6.45, 7) is 2.49. The molecule has 0 saturated heterocycles. The lowest BCUT2D eigenvalue weighted by molar-refractivity contribution is 0.304. The predicted molar refractivity (Wildman–Crippen MR) is 82.7 cm³/mol. The molecule has 4 heteroatoms. The van der Waals surface area contributed by atoms with E-state index in [1.807, 2.05) is 37.3 Å². The van der Waals surface area contributed by atoms with E-state index in [1.165, 1.54) is 0 Å². The lowest BCUT2D eigenvalue weighted by Gasteiger charge is -2.10. The van der Waals surface area contributed by atoms with Gasteiger partial charge in [0.1, 0.15) is 11.2 Å². The fraction of sp³-hybridized carbons (Fsp3) is 0.125. The number of hydrogen-bond donors (Lipinski definition) is 0. The van der Waals surface area contributed by atoms with E-state index in [4.69, 9.17) is 4.74 Å². The zero-order chi connectivity index (χ0) is 13.9. The van der Waals surface area contributed by atoms with Crippen LogP contribution in [-0.2, 0) is 6.61 Å². The van der Waals surface area contributed by atoms with E-state index in [-0.39, 0.29) is 0 Å². The van der Waals surface area contributed by atoms with Crippen LogP contribution >= 0.6 is 15.9 Å². The first-order valence-electron chi connectivity index (χ1n) is 6.32. The van der Waals surface area contributed by atoms with Crippen molar-refractivity contribution in [1.29, 1.82) is 0 Å². The zero-order valence-electron chi connectivity index (χ0n) is 11.0. The highest BCUT2D eigenvalue weighted by atomic mass is 79.9. The van der Waals surface area contributed by atoms with Gasteiger partial charge in [0.15, 0.2) is 5.75 Å². The van der Waals surface area contributed by atoms with Crippen molar-refractivity contribution in [3.63, 3.8) is 0 Å². The molecule has 0 aliphatic heterocycles. The number of aromatic nitrogens is 2. The predicted octanol–water partition coefficient (Wildman–Crippen LogP) is 4.28. The molecule has 0 bridgehead atoms. The van der Waals surface area contributed by atoms with Gasteiger partial charge in [-0.05, 0) is 47.1 Å². The maximum atomic E-state index is 5.85. The number of halogens is 1. The van der Waals surface area contributed by atoms with Crippen molar-refractivity contribution in [2.45, 2.75) is 13.5 Å². The number of ether oxygens (including phenoxy) is 1.